The van der Waals surface area contributed by atoms with Crippen LogP contribution >= 0.6 is 0 Å². The van der Waals surface area contributed by atoms with Gasteiger partial charge in [-0.15, -0.1) is 0 Å². The minimum Gasteiger partial charge on any atom is -0.504 e. The van der Waals surface area contributed by atoms with E-state index >= 15 is 0 Å². The van der Waals surface area contributed by atoms with Crippen LogP contribution in [0.15, 0.2) is 30.4 Å². The second kappa shape index (κ2) is 4.78. The van der Waals surface area contributed by atoms with Crippen molar-refractivity contribution in [2.75, 3.05) is 13.1 Å². The third-order valence-corrected chi connectivity index (χ3v) is 3.20. The maximum Gasteiger partial charge on any atom is 0.276 e. The Morgan fingerprint density at radius 3 is 2.84 bits per heavy atom. The van der Waals surface area contributed by atoms with Crippen molar-refractivity contribution in [1.82, 2.24) is 10.4 Å². The first-order valence-electron chi connectivity index (χ1n) is 6.11. The molecule has 5 nitrogen and oxygen atoms in total. The van der Waals surface area contributed by atoms with Gasteiger partial charge < -0.3 is 9.94 Å². The molecule has 0 atom stereocenters. The van der Waals surface area contributed by atoms with Gasteiger partial charge >= 0.3 is 0 Å². The highest BCUT2D eigenvalue weighted by atomic mass is 16.7. The number of hydrogen-bond donors (Lipinski definition) is 2. The van der Waals surface area contributed by atoms with Crippen molar-refractivity contribution in [3.8, 4) is 11.5 Å². The Hall–Kier alpha value is -2.27. The van der Waals surface area contributed by atoms with Gasteiger partial charge in [0.05, 0.1) is 0 Å². The van der Waals surface area contributed by atoms with Gasteiger partial charge in [0, 0.05) is 36.8 Å². The number of carbonyl (C=O) groups is 1. The van der Waals surface area contributed by atoms with Crippen LogP contribution in [0.3, 0.4) is 0 Å². The largest absolute Gasteiger partial charge is 0.504 e. The molecule has 0 unspecified atom stereocenters. The number of fused-ring (bicyclic) bond motifs is 1. The fourth-order valence-electron chi connectivity index (χ4n) is 2.19. The van der Waals surface area contributed by atoms with E-state index in [4.69, 9.17) is 4.84 Å². The molecule has 1 amide bonds. The number of phenols is 1. The molecular formula is C14H14N2O3. The summed E-state index contributed by atoms with van der Waals surface area (Å²) in [7, 11) is 0. The van der Waals surface area contributed by atoms with Crippen molar-refractivity contribution in [1.29, 1.82) is 0 Å². The van der Waals surface area contributed by atoms with Gasteiger partial charge in [-0.3, -0.25) is 9.69 Å². The van der Waals surface area contributed by atoms with Crippen LogP contribution in [-0.4, -0.2) is 29.0 Å². The molecule has 2 N–H and O–H groups in total. The van der Waals surface area contributed by atoms with E-state index in [0.29, 0.717) is 17.9 Å². The molecule has 0 fully saturated rings. The molecule has 2 aliphatic rings. The summed E-state index contributed by atoms with van der Waals surface area (Å²) in [4.78, 5) is 18.5. The molecule has 0 radical (unpaired) electrons. The number of nitrogens with one attached hydrogen (secondary N) is 1. The average molecular weight is 258 g/mol. The lowest BCUT2D eigenvalue weighted by molar-refractivity contribution is -0.122. The predicted molar refractivity (Wildman–Crippen MR) is 70.3 cm³/mol. The van der Waals surface area contributed by atoms with Crippen LogP contribution in [-0.2, 0) is 11.3 Å². The van der Waals surface area contributed by atoms with E-state index in [-0.39, 0.29) is 11.7 Å². The SMILES string of the molecule is O=C1C=Cc2ccc(CN3CC=CC3)c(O)c2ON1. The highest BCUT2D eigenvalue weighted by molar-refractivity contribution is 5.92. The molecule has 0 aromatic heterocycles. The molecule has 2 aliphatic heterocycles. The quantitative estimate of drug-likeness (QED) is 0.782. The van der Waals surface area contributed by atoms with E-state index in [9.17, 15) is 9.90 Å². The van der Waals surface area contributed by atoms with Gasteiger partial charge in [0.1, 0.15) is 0 Å². The van der Waals surface area contributed by atoms with Gasteiger partial charge in [-0.1, -0.05) is 24.3 Å². The molecule has 2 heterocycles. The number of nitrogens with zero attached hydrogens (tertiary/aromatic N) is 1. The standard InChI is InChI=1S/C14H14N2O3/c17-12-6-5-10-3-4-11(9-16-7-1-2-8-16)13(18)14(10)19-15-12/h1-6,18H,7-9H2,(H,15,17). The summed E-state index contributed by atoms with van der Waals surface area (Å²) in [5.74, 6) is 0.0314. The molecule has 1 aromatic carbocycles. The lowest BCUT2D eigenvalue weighted by Gasteiger charge is -2.17. The highest BCUT2D eigenvalue weighted by Gasteiger charge is 2.18. The van der Waals surface area contributed by atoms with Gasteiger partial charge in [-0.05, 0) is 6.08 Å². The summed E-state index contributed by atoms with van der Waals surface area (Å²) >= 11 is 0. The molecule has 0 saturated heterocycles. The number of benzene rings is 1. The Balaban J connectivity index is 1.88. The fraction of sp³-hybridized carbons (Fsp3) is 0.214. The summed E-state index contributed by atoms with van der Waals surface area (Å²) in [5.41, 5.74) is 3.71. The van der Waals surface area contributed by atoms with Crippen molar-refractivity contribution in [3.05, 3.63) is 41.5 Å². The molecule has 0 saturated carbocycles. The van der Waals surface area contributed by atoms with E-state index in [1.807, 2.05) is 12.1 Å². The zero-order valence-corrected chi connectivity index (χ0v) is 10.3. The Kier molecular flexibility index (Phi) is 2.97. The fourth-order valence-corrected chi connectivity index (χ4v) is 2.19. The normalized spacial score (nSPS) is 17.8. The van der Waals surface area contributed by atoms with E-state index in [0.717, 1.165) is 18.7 Å². The molecule has 0 aliphatic carbocycles. The lowest BCUT2D eigenvalue weighted by Crippen LogP contribution is -2.24. The number of hydroxylamine groups is 1. The van der Waals surface area contributed by atoms with E-state index in [1.165, 1.54) is 6.08 Å². The van der Waals surface area contributed by atoms with Crippen molar-refractivity contribution < 1.29 is 14.7 Å². The summed E-state index contributed by atoms with van der Waals surface area (Å²) in [6.07, 6.45) is 7.19. The summed E-state index contributed by atoms with van der Waals surface area (Å²) in [5, 5.41) is 10.2. The van der Waals surface area contributed by atoms with Gasteiger partial charge in [-0.25, -0.2) is 0 Å². The number of phenolic OH excluding ortho intramolecular Hbond substituents is 1. The molecule has 0 spiro atoms. The maximum atomic E-state index is 11.2. The molecule has 98 valence electrons. The minimum absolute atomic E-state index is 0.0799. The number of aromatic hydroxyl groups is 1. The zero-order chi connectivity index (χ0) is 13.2. The van der Waals surface area contributed by atoms with Crippen molar-refractivity contribution >= 4 is 12.0 Å². The first-order valence-corrected chi connectivity index (χ1v) is 6.11. The van der Waals surface area contributed by atoms with Crippen LogP contribution in [0.25, 0.3) is 6.08 Å². The van der Waals surface area contributed by atoms with Crippen LogP contribution in [0.1, 0.15) is 11.1 Å². The zero-order valence-electron chi connectivity index (χ0n) is 10.3. The molecular weight excluding hydrogens is 244 g/mol. The Labute approximate surface area is 110 Å². The first kappa shape index (κ1) is 11.8. The second-order valence-electron chi connectivity index (χ2n) is 4.56. The Morgan fingerprint density at radius 1 is 1.26 bits per heavy atom. The molecule has 1 aromatic rings. The third kappa shape index (κ3) is 2.32. The molecule has 0 bridgehead atoms. The van der Waals surface area contributed by atoms with Crippen molar-refractivity contribution in [2.24, 2.45) is 0 Å². The Bertz CT molecular complexity index is 570. The first-order chi connectivity index (χ1) is 9.24. The third-order valence-electron chi connectivity index (χ3n) is 3.20. The highest BCUT2D eigenvalue weighted by Crippen LogP contribution is 2.35. The van der Waals surface area contributed by atoms with Crippen LogP contribution in [0, 0.1) is 0 Å². The molecule has 3 rings (SSSR count). The van der Waals surface area contributed by atoms with E-state index in [1.54, 1.807) is 6.08 Å². The molecule has 5 heteroatoms. The van der Waals surface area contributed by atoms with Crippen molar-refractivity contribution in [2.45, 2.75) is 6.54 Å². The van der Waals surface area contributed by atoms with Crippen molar-refractivity contribution in [3.63, 3.8) is 0 Å². The summed E-state index contributed by atoms with van der Waals surface area (Å²) in [6.45, 7) is 2.41. The minimum atomic E-state index is -0.346. The Morgan fingerprint density at radius 2 is 2.05 bits per heavy atom. The monoisotopic (exact) mass is 258 g/mol. The maximum absolute atomic E-state index is 11.2. The summed E-state index contributed by atoms with van der Waals surface area (Å²) in [6, 6.07) is 3.70. The van der Waals surface area contributed by atoms with E-state index in [2.05, 4.69) is 22.5 Å². The second-order valence-corrected chi connectivity index (χ2v) is 4.56. The van der Waals surface area contributed by atoms with Crippen LogP contribution in [0.5, 0.6) is 11.5 Å². The number of hydrogen-bond acceptors (Lipinski definition) is 4. The number of amides is 1. The summed E-state index contributed by atoms with van der Waals surface area (Å²) < 4.78 is 0. The number of rotatable bonds is 2. The van der Waals surface area contributed by atoms with Gasteiger partial charge in [0.2, 0.25) is 5.75 Å². The van der Waals surface area contributed by atoms with E-state index < -0.39 is 0 Å². The number of carbonyl (C=O) groups excluding carboxylic acids is 1. The molecule has 19 heavy (non-hydrogen) atoms. The van der Waals surface area contributed by atoms with Gasteiger partial charge in [0.25, 0.3) is 5.91 Å². The average Bonchev–Trinajstić information content (AvgIpc) is 2.83. The van der Waals surface area contributed by atoms with Crippen LogP contribution in [0.4, 0.5) is 0 Å². The topological polar surface area (TPSA) is 61.8 Å². The predicted octanol–water partition coefficient (Wildman–Crippen LogP) is 1.20. The van der Waals surface area contributed by atoms with Crippen LogP contribution in [0.2, 0.25) is 0 Å². The van der Waals surface area contributed by atoms with Crippen LogP contribution < -0.4 is 10.3 Å². The smallest absolute Gasteiger partial charge is 0.276 e. The lowest BCUT2D eigenvalue weighted by atomic mass is 10.1. The van der Waals surface area contributed by atoms with Gasteiger partial charge in [0.15, 0.2) is 5.75 Å². The van der Waals surface area contributed by atoms with Gasteiger partial charge in [-0.2, -0.15) is 5.48 Å².